The number of halogens is 1. The van der Waals surface area contributed by atoms with E-state index in [0.717, 1.165) is 22.5 Å². The predicted octanol–water partition coefficient (Wildman–Crippen LogP) is 0.649. The van der Waals surface area contributed by atoms with E-state index in [-0.39, 0.29) is 23.0 Å². The van der Waals surface area contributed by atoms with Gasteiger partial charge in [0.15, 0.2) is 0 Å². The maximum atomic E-state index is 13.1. The molecule has 21 heavy (non-hydrogen) atoms. The third-order valence-electron chi connectivity index (χ3n) is 3.49. The van der Waals surface area contributed by atoms with Gasteiger partial charge in [0.05, 0.1) is 5.69 Å². The molecule has 8 heteroatoms. The highest BCUT2D eigenvalue weighted by molar-refractivity contribution is 7.89. The second-order valence-electron chi connectivity index (χ2n) is 5.19. The van der Waals surface area contributed by atoms with Crippen LogP contribution in [-0.2, 0) is 14.8 Å². The average molecular weight is 315 g/mol. The Labute approximate surface area is 123 Å². The highest BCUT2D eigenvalue weighted by atomic mass is 32.2. The van der Waals surface area contributed by atoms with Crippen molar-refractivity contribution in [1.82, 2.24) is 9.21 Å². The minimum Gasteiger partial charge on any atom is -0.398 e. The molecular formula is C13H18FN3O3S. The number of nitrogen functional groups attached to an aromatic ring is 1. The number of carbonyl (C=O) groups excluding carboxylic acids is 1. The molecule has 1 fully saturated rings. The highest BCUT2D eigenvalue weighted by Gasteiger charge is 2.40. The summed E-state index contributed by atoms with van der Waals surface area (Å²) in [4.78, 5) is 13.3. The van der Waals surface area contributed by atoms with Crippen LogP contribution in [0.3, 0.4) is 0 Å². The van der Waals surface area contributed by atoms with Gasteiger partial charge in [0.2, 0.25) is 15.9 Å². The van der Waals surface area contributed by atoms with Crippen LogP contribution in [0.25, 0.3) is 0 Å². The maximum absolute atomic E-state index is 13.1. The number of anilines is 1. The molecule has 6 nitrogen and oxygen atoms in total. The summed E-state index contributed by atoms with van der Waals surface area (Å²) in [6, 6.07) is 2.41. The SMILES string of the molecule is CN(C)C(=O)C1CCCN1S(=O)(=O)c1ccc(F)cc1N. The van der Waals surface area contributed by atoms with E-state index in [4.69, 9.17) is 5.73 Å². The Bertz CT molecular complexity index is 661. The summed E-state index contributed by atoms with van der Waals surface area (Å²) in [5.74, 6) is -0.870. The number of nitrogens with zero attached hydrogens (tertiary/aromatic N) is 2. The average Bonchev–Trinajstić information content (AvgIpc) is 2.86. The van der Waals surface area contributed by atoms with Crippen LogP contribution in [0.5, 0.6) is 0 Å². The summed E-state index contributed by atoms with van der Waals surface area (Å²) in [7, 11) is -0.758. The van der Waals surface area contributed by atoms with Crippen LogP contribution in [0.2, 0.25) is 0 Å². The molecule has 0 bridgehead atoms. The van der Waals surface area contributed by atoms with Gasteiger partial charge in [-0.3, -0.25) is 4.79 Å². The third kappa shape index (κ3) is 2.86. The van der Waals surface area contributed by atoms with E-state index in [1.165, 1.54) is 4.90 Å². The number of sulfonamides is 1. The molecule has 116 valence electrons. The smallest absolute Gasteiger partial charge is 0.245 e. The Morgan fingerprint density at radius 3 is 2.67 bits per heavy atom. The van der Waals surface area contributed by atoms with Gasteiger partial charge in [-0.2, -0.15) is 4.31 Å². The number of benzene rings is 1. The van der Waals surface area contributed by atoms with Crippen LogP contribution in [-0.4, -0.2) is 50.2 Å². The number of likely N-dealkylation sites (N-methyl/N-ethyl adjacent to an activating group) is 1. The first-order valence-corrected chi connectivity index (χ1v) is 7.97. The van der Waals surface area contributed by atoms with Gasteiger partial charge in [0.1, 0.15) is 16.8 Å². The van der Waals surface area contributed by atoms with E-state index in [1.54, 1.807) is 14.1 Å². The number of rotatable bonds is 3. The van der Waals surface area contributed by atoms with Crippen molar-refractivity contribution in [3.63, 3.8) is 0 Å². The zero-order valence-electron chi connectivity index (χ0n) is 11.9. The largest absolute Gasteiger partial charge is 0.398 e. The van der Waals surface area contributed by atoms with Gasteiger partial charge in [-0.25, -0.2) is 12.8 Å². The fourth-order valence-corrected chi connectivity index (χ4v) is 4.20. The van der Waals surface area contributed by atoms with Gasteiger partial charge in [0.25, 0.3) is 0 Å². The van der Waals surface area contributed by atoms with Gasteiger partial charge in [-0.05, 0) is 31.0 Å². The summed E-state index contributed by atoms with van der Waals surface area (Å²) < 4.78 is 39.5. The first kappa shape index (κ1) is 15.7. The molecule has 1 aliphatic rings. The second kappa shape index (κ2) is 5.61. The molecular weight excluding hydrogens is 297 g/mol. The van der Waals surface area contributed by atoms with Crippen molar-refractivity contribution in [1.29, 1.82) is 0 Å². The third-order valence-corrected chi connectivity index (χ3v) is 5.47. The van der Waals surface area contributed by atoms with Crippen molar-refractivity contribution in [2.24, 2.45) is 0 Å². The maximum Gasteiger partial charge on any atom is 0.245 e. The molecule has 1 heterocycles. The Balaban J connectivity index is 2.41. The number of carbonyl (C=O) groups is 1. The van der Waals surface area contributed by atoms with Crippen LogP contribution in [0, 0.1) is 5.82 Å². The van der Waals surface area contributed by atoms with Crippen LogP contribution < -0.4 is 5.73 Å². The summed E-state index contributed by atoms with van der Waals surface area (Å²) in [6.45, 7) is 0.253. The van der Waals surface area contributed by atoms with Crippen molar-refractivity contribution in [3.8, 4) is 0 Å². The molecule has 0 aliphatic carbocycles. The molecule has 2 N–H and O–H groups in total. The second-order valence-corrected chi connectivity index (χ2v) is 7.05. The van der Waals surface area contributed by atoms with E-state index in [2.05, 4.69) is 0 Å². The van der Waals surface area contributed by atoms with E-state index < -0.39 is 21.9 Å². The Morgan fingerprint density at radius 1 is 1.43 bits per heavy atom. The van der Waals surface area contributed by atoms with Crippen LogP contribution in [0.4, 0.5) is 10.1 Å². The van der Waals surface area contributed by atoms with Crippen molar-refractivity contribution >= 4 is 21.6 Å². The molecule has 0 radical (unpaired) electrons. The van der Waals surface area contributed by atoms with Crippen molar-refractivity contribution in [2.75, 3.05) is 26.4 Å². The van der Waals surface area contributed by atoms with Crippen molar-refractivity contribution in [3.05, 3.63) is 24.0 Å². The summed E-state index contributed by atoms with van der Waals surface area (Å²) in [6.07, 6.45) is 1.07. The lowest BCUT2D eigenvalue weighted by Gasteiger charge is -2.26. The van der Waals surface area contributed by atoms with Gasteiger partial charge in [-0.1, -0.05) is 0 Å². The van der Waals surface area contributed by atoms with Crippen molar-refractivity contribution in [2.45, 2.75) is 23.8 Å². The van der Waals surface area contributed by atoms with E-state index in [0.29, 0.717) is 12.8 Å². The first-order valence-electron chi connectivity index (χ1n) is 6.53. The highest BCUT2D eigenvalue weighted by Crippen LogP contribution is 2.30. The van der Waals surface area contributed by atoms with E-state index in [9.17, 15) is 17.6 Å². The summed E-state index contributed by atoms with van der Waals surface area (Å²) in [5.41, 5.74) is 5.46. The molecule has 0 aromatic heterocycles. The predicted molar refractivity (Wildman–Crippen MR) is 76.4 cm³/mol. The van der Waals surface area contributed by atoms with Gasteiger partial charge < -0.3 is 10.6 Å². The Kier molecular flexibility index (Phi) is 4.20. The number of hydrogen-bond acceptors (Lipinski definition) is 4. The fourth-order valence-electron chi connectivity index (χ4n) is 2.45. The molecule has 1 unspecified atom stereocenters. The quantitative estimate of drug-likeness (QED) is 0.830. The standard InChI is InChI=1S/C13H18FN3O3S/c1-16(2)13(18)11-4-3-7-17(11)21(19,20)12-6-5-9(14)8-10(12)15/h5-6,8,11H,3-4,7,15H2,1-2H3. The van der Waals surface area contributed by atoms with Crippen LogP contribution in [0.1, 0.15) is 12.8 Å². The van der Waals surface area contributed by atoms with Crippen molar-refractivity contribution < 1.29 is 17.6 Å². The van der Waals surface area contributed by atoms with Crippen LogP contribution >= 0.6 is 0 Å². The topological polar surface area (TPSA) is 83.7 Å². The zero-order valence-corrected chi connectivity index (χ0v) is 12.7. The molecule has 0 spiro atoms. The van der Waals surface area contributed by atoms with Gasteiger partial charge in [-0.15, -0.1) is 0 Å². The minimum absolute atomic E-state index is 0.155. The molecule has 1 aliphatic heterocycles. The number of nitrogens with two attached hydrogens (primary N) is 1. The Morgan fingerprint density at radius 2 is 2.10 bits per heavy atom. The summed E-state index contributed by atoms with van der Waals surface area (Å²) >= 11 is 0. The number of hydrogen-bond donors (Lipinski definition) is 1. The lowest BCUT2D eigenvalue weighted by Crippen LogP contribution is -2.45. The minimum atomic E-state index is -3.92. The molecule has 2 rings (SSSR count). The zero-order chi connectivity index (χ0) is 15.8. The Hall–Kier alpha value is -1.67. The van der Waals surface area contributed by atoms with E-state index in [1.807, 2.05) is 0 Å². The lowest BCUT2D eigenvalue weighted by molar-refractivity contribution is -0.132. The molecule has 1 saturated heterocycles. The lowest BCUT2D eigenvalue weighted by atomic mass is 10.2. The molecule has 1 amide bonds. The molecule has 1 aromatic carbocycles. The van der Waals surface area contributed by atoms with E-state index >= 15 is 0 Å². The summed E-state index contributed by atoms with van der Waals surface area (Å²) in [5, 5.41) is 0. The van der Waals surface area contributed by atoms with Crippen LogP contribution in [0.15, 0.2) is 23.1 Å². The molecule has 1 atom stereocenters. The van der Waals surface area contributed by atoms with Gasteiger partial charge >= 0.3 is 0 Å². The monoisotopic (exact) mass is 315 g/mol. The van der Waals surface area contributed by atoms with Gasteiger partial charge in [0, 0.05) is 20.6 Å². The fraction of sp³-hybridized carbons (Fsp3) is 0.462. The molecule has 1 aromatic rings. The first-order chi connectivity index (χ1) is 9.75. The number of amides is 1. The molecule has 0 saturated carbocycles. The normalized spacial score (nSPS) is 19.7.